The second-order valence-electron chi connectivity index (χ2n) is 8.62. The molecular formula is C25H28F3N5O3. The van der Waals surface area contributed by atoms with Gasteiger partial charge in [-0.05, 0) is 41.9 Å². The Morgan fingerprint density at radius 1 is 1.11 bits per heavy atom. The van der Waals surface area contributed by atoms with E-state index in [1.54, 1.807) is 0 Å². The summed E-state index contributed by atoms with van der Waals surface area (Å²) in [6.45, 7) is 2.24. The zero-order valence-electron chi connectivity index (χ0n) is 19.9. The zero-order valence-corrected chi connectivity index (χ0v) is 19.9. The van der Waals surface area contributed by atoms with E-state index in [0.717, 1.165) is 35.5 Å². The molecule has 3 aromatic rings. The second kappa shape index (κ2) is 11.4. The van der Waals surface area contributed by atoms with E-state index >= 15 is 0 Å². The van der Waals surface area contributed by atoms with Crippen LogP contribution in [-0.4, -0.2) is 63.8 Å². The molecule has 0 saturated carbocycles. The highest BCUT2D eigenvalue weighted by Gasteiger charge is 2.38. The number of likely N-dealkylation sites (N-methyl/N-ethyl adjacent to an activating group) is 1. The molecule has 0 bridgehead atoms. The number of nitrogens with two attached hydrogens (primary N) is 1. The molecule has 36 heavy (non-hydrogen) atoms. The number of halogens is 3. The molecule has 2 aromatic carbocycles. The van der Waals surface area contributed by atoms with Crippen molar-refractivity contribution in [2.75, 3.05) is 20.1 Å². The lowest BCUT2D eigenvalue weighted by Crippen LogP contribution is -2.40. The van der Waals surface area contributed by atoms with Gasteiger partial charge < -0.3 is 25.6 Å². The standard InChI is InChI=1S/C23H27N5O.C2HF3O2/c1-27-13-20(22-12-25-15-28(22)2)21(14-27)26-23(29)18-8-6-17(7-9-18)19-5-3-4-16(10-19)11-24;3-2(4,5)1(6)7/h3-10,12,15,20-21H,11,13-14,24H2,1-2H3,(H,26,29);(H,6,7)/t20-,21-;/m1./s1. The average molecular weight is 504 g/mol. The number of aliphatic carboxylic acids is 1. The molecular weight excluding hydrogens is 475 g/mol. The fourth-order valence-electron chi connectivity index (χ4n) is 4.11. The Hall–Kier alpha value is -3.70. The van der Waals surface area contributed by atoms with Crippen molar-refractivity contribution in [1.29, 1.82) is 0 Å². The Bertz CT molecular complexity index is 1190. The number of imidazole rings is 1. The van der Waals surface area contributed by atoms with Crippen molar-refractivity contribution < 1.29 is 27.9 Å². The summed E-state index contributed by atoms with van der Waals surface area (Å²) in [6, 6.07) is 16.0. The minimum absolute atomic E-state index is 0.0419. The summed E-state index contributed by atoms with van der Waals surface area (Å²) in [5.74, 6) is -2.57. The van der Waals surface area contributed by atoms with Crippen LogP contribution >= 0.6 is 0 Å². The number of nitrogens with one attached hydrogen (secondary N) is 1. The monoisotopic (exact) mass is 503 g/mol. The van der Waals surface area contributed by atoms with Gasteiger partial charge in [-0.1, -0.05) is 30.3 Å². The van der Waals surface area contributed by atoms with Crippen molar-refractivity contribution >= 4 is 11.9 Å². The van der Waals surface area contributed by atoms with Gasteiger partial charge in [-0.15, -0.1) is 0 Å². The summed E-state index contributed by atoms with van der Waals surface area (Å²) < 4.78 is 33.8. The van der Waals surface area contributed by atoms with Gasteiger partial charge in [-0.25, -0.2) is 9.78 Å². The number of amides is 1. The first-order chi connectivity index (χ1) is 17.0. The maximum atomic E-state index is 12.9. The number of benzene rings is 2. The normalized spacial score (nSPS) is 17.8. The number of likely N-dealkylation sites (tertiary alicyclic amines) is 1. The number of rotatable bonds is 5. The number of carbonyl (C=O) groups is 2. The Morgan fingerprint density at radius 3 is 2.33 bits per heavy atom. The number of hydrogen-bond acceptors (Lipinski definition) is 5. The Kier molecular flexibility index (Phi) is 8.49. The third-order valence-electron chi connectivity index (χ3n) is 5.94. The molecule has 2 heterocycles. The van der Waals surface area contributed by atoms with Crippen LogP contribution in [0.3, 0.4) is 0 Å². The van der Waals surface area contributed by atoms with Crippen LogP contribution in [-0.2, 0) is 18.4 Å². The van der Waals surface area contributed by atoms with Gasteiger partial charge in [-0.2, -0.15) is 13.2 Å². The highest BCUT2D eigenvalue weighted by Crippen LogP contribution is 2.27. The van der Waals surface area contributed by atoms with Gasteiger partial charge in [0.2, 0.25) is 0 Å². The molecule has 1 amide bonds. The van der Waals surface area contributed by atoms with Crippen LogP contribution < -0.4 is 11.1 Å². The molecule has 4 rings (SSSR count). The van der Waals surface area contributed by atoms with E-state index in [2.05, 4.69) is 34.4 Å². The highest BCUT2D eigenvalue weighted by atomic mass is 19.4. The first-order valence-electron chi connectivity index (χ1n) is 11.1. The first-order valence-corrected chi connectivity index (χ1v) is 11.1. The van der Waals surface area contributed by atoms with Gasteiger partial charge in [0.05, 0.1) is 12.4 Å². The average Bonchev–Trinajstić information content (AvgIpc) is 3.43. The number of aryl methyl sites for hydroxylation is 1. The smallest absolute Gasteiger partial charge is 0.475 e. The van der Waals surface area contributed by atoms with Gasteiger partial charge in [-0.3, -0.25) is 4.79 Å². The van der Waals surface area contributed by atoms with Crippen LogP contribution in [0.5, 0.6) is 0 Å². The minimum Gasteiger partial charge on any atom is -0.475 e. The third kappa shape index (κ3) is 6.70. The van der Waals surface area contributed by atoms with Gasteiger partial charge in [0.15, 0.2) is 0 Å². The molecule has 1 fully saturated rings. The summed E-state index contributed by atoms with van der Waals surface area (Å²) in [5, 5.41) is 10.4. The van der Waals surface area contributed by atoms with Gasteiger partial charge in [0, 0.05) is 50.1 Å². The van der Waals surface area contributed by atoms with E-state index in [9.17, 15) is 18.0 Å². The van der Waals surface area contributed by atoms with Crippen LogP contribution in [0.25, 0.3) is 11.1 Å². The lowest BCUT2D eigenvalue weighted by Gasteiger charge is -2.20. The van der Waals surface area contributed by atoms with E-state index in [1.807, 2.05) is 60.5 Å². The number of carboxylic acids is 1. The van der Waals surface area contributed by atoms with Crippen LogP contribution in [0, 0.1) is 0 Å². The molecule has 0 radical (unpaired) electrons. The van der Waals surface area contributed by atoms with Gasteiger partial charge in [0.1, 0.15) is 0 Å². The molecule has 0 unspecified atom stereocenters. The maximum Gasteiger partial charge on any atom is 0.490 e. The van der Waals surface area contributed by atoms with E-state index in [1.165, 1.54) is 0 Å². The fourth-order valence-corrected chi connectivity index (χ4v) is 4.11. The molecule has 1 aliphatic heterocycles. The van der Waals surface area contributed by atoms with Crippen LogP contribution in [0.15, 0.2) is 61.1 Å². The maximum absolute atomic E-state index is 12.9. The molecule has 2 atom stereocenters. The molecule has 1 aromatic heterocycles. The number of carbonyl (C=O) groups excluding carboxylic acids is 1. The molecule has 192 valence electrons. The van der Waals surface area contributed by atoms with E-state index in [4.69, 9.17) is 15.6 Å². The van der Waals surface area contributed by atoms with E-state index in [-0.39, 0.29) is 17.9 Å². The summed E-state index contributed by atoms with van der Waals surface area (Å²) >= 11 is 0. The first kappa shape index (κ1) is 26.9. The molecule has 1 saturated heterocycles. The largest absolute Gasteiger partial charge is 0.490 e. The Morgan fingerprint density at radius 2 is 1.78 bits per heavy atom. The van der Waals surface area contributed by atoms with Gasteiger partial charge >= 0.3 is 12.1 Å². The lowest BCUT2D eigenvalue weighted by molar-refractivity contribution is -0.192. The molecule has 11 heteroatoms. The second-order valence-corrected chi connectivity index (χ2v) is 8.62. The molecule has 4 N–H and O–H groups in total. The van der Waals surface area contributed by atoms with Crippen molar-refractivity contribution in [3.05, 3.63) is 77.9 Å². The van der Waals surface area contributed by atoms with Crippen molar-refractivity contribution in [2.45, 2.75) is 24.7 Å². The van der Waals surface area contributed by atoms with Crippen molar-refractivity contribution in [1.82, 2.24) is 19.8 Å². The van der Waals surface area contributed by atoms with Crippen molar-refractivity contribution in [3.8, 4) is 11.1 Å². The molecule has 8 nitrogen and oxygen atoms in total. The molecule has 0 aliphatic carbocycles. The SMILES string of the molecule is CN1C[C@@H](NC(=O)c2ccc(-c3cccc(CN)c3)cc2)[C@H](c2cncn2C)C1.O=C(O)C(F)(F)F. The zero-order chi connectivity index (χ0) is 26.5. The van der Waals surface area contributed by atoms with E-state index < -0.39 is 12.1 Å². The quantitative estimate of drug-likeness (QED) is 0.493. The predicted molar refractivity (Wildman–Crippen MR) is 128 cm³/mol. The van der Waals surface area contributed by atoms with E-state index in [0.29, 0.717) is 12.1 Å². The topological polar surface area (TPSA) is 113 Å². The third-order valence-corrected chi connectivity index (χ3v) is 5.94. The molecule has 0 spiro atoms. The number of hydrogen-bond donors (Lipinski definition) is 3. The van der Waals surface area contributed by atoms with Crippen LogP contribution in [0.4, 0.5) is 13.2 Å². The Labute approximate surface area is 206 Å². The number of nitrogens with zero attached hydrogens (tertiary/aromatic N) is 3. The Balaban J connectivity index is 0.000000454. The predicted octanol–water partition coefficient (Wildman–Crippen LogP) is 3.01. The summed E-state index contributed by atoms with van der Waals surface area (Å²) in [5.41, 5.74) is 10.8. The van der Waals surface area contributed by atoms with Crippen LogP contribution in [0.1, 0.15) is 27.5 Å². The molecule has 1 aliphatic rings. The number of carboxylic acid groups (broad SMARTS) is 1. The number of alkyl halides is 3. The summed E-state index contributed by atoms with van der Waals surface area (Å²) in [7, 11) is 4.08. The lowest BCUT2D eigenvalue weighted by atomic mass is 9.99. The van der Waals surface area contributed by atoms with Crippen molar-refractivity contribution in [3.63, 3.8) is 0 Å². The summed E-state index contributed by atoms with van der Waals surface area (Å²) in [4.78, 5) is 28.3. The van der Waals surface area contributed by atoms with Crippen molar-refractivity contribution in [2.24, 2.45) is 12.8 Å². The fraction of sp³-hybridized carbons (Fsp3) is 0.320. The van der Waals surface area contributed by atoms with Crippen LogP contribution in [0.2, 0.25) is 0 Å². The van der Waals surface area contributed by atoms with Gasteiger partial charge in [0.25, 0.3) is 5.91 Å². The minimum atomic E-state index is -5.08. The highest BCUT2D eigenvalue weighted by molar-refractivity contribution is 5.95. The number of aromatic nitrogens is 2. The summed E-state index contributed by atoms with van der Waals surface area (Å²) in [6.07, 6.45) is -1.38.